The van der Waals surface area contributed by atoms with Crippen LogP contribution in [0.5, 0.6) is 0 Å². The van der Waals surface area contributed by atoms with Crippen molar-refractivity contribution >= 4 is 43.7 Å². The highest BCUT2D eigenvalue weighted by Gasteiger charge is 2.37. The molecule has 1 unspecified atom stereocenters. The second-order valence-corrected chi connectivity index (χ2v) is 20.4. The highest BCUT2D eigenvalue weighted by Crippen LogP contribution is 2.52. The molecule has 1 atom stereocenters. The first-order valence-electron chi connectivity index (χ1n) is 20.7. The number of benzene rings is 7. The SMILES string of the molecule is CC(C)(C)c1ccc(N(C2=CCC(C(C)(C)C)C=C2)c2ccc3c(c2)C(C)(C)c2cc(-c4ccc5ccc6cc(C(C)(C)C)cc7ccc4c5c67)ccc2-3)cc1. The van der Waals surface area contributed by atoms with E-state index >= 15 is 0 Å². The number of allylic oxidation sites excluding steroid dienone is 3. The largest absolute Gasteiger partial charge is 0.311 e. The monoisotopic (exact) mass is 731 g/mol. The Kier molecular flexibility index (Phi) is 8.10. The van der Waals surface area contributed by atoms with Crippen molar-refractivity contribution in [3.05, 3.63) is 155 Å². The highest BCUT2D eigenvalue weighted by atomic mass is 15.1. The third kappa shape index (κ3) is 5.89. The van der Waals surface area contributed by atoms with Crippen LogP contribution >= 0.6 is 0 Å². The molecule has 0 fully saturated rings. The summed E-state index contributed by atoms with van der Waals surface area (Å²) in [7, 11) is 0. The standard InChI is InChI=1S/C55H57N/c1-52(2,3)38-17-21-41(22-18-38)56(42-23-19-39(20-24-42)53(4,5)6)43-25-29-46-45-27-15-35(32-48(45)55(10,11)49(46)33-43)44-26-14-34-12-13-36-30-40(54(7,8)9)31-37-16-28-47(44)51(34)50(36)37/h12-19,21-33,39H,20H2,1-11H3. The van der Waals surface area contributed by atoms with E-state index in [1.807, 2.05) is 0 Å². The van der Waals surface area contributed by atoms with Crippen molar-refractivity contribution in [3.63, 3.8) is 0 Å². The number of fused-ring (bicyclic) bond motifs is 3. The number of anilines is 2. The lowest BCUT2D eigenvalue weighted by Crippen LogP contribution is -2.23. The van der Waals surface area contributed by atoms with E-state index in [1.165, 1.54) is 93.9 Å². The Morgan fingerprint density at radius 2 is 1.11 bits per heavy atom. The number of rotatable bonds is 4. The zero-order chi connectivity index (χ0) is 39.5. The van der Waals surface area contributed by atoms with Gasteiger partial charge in [-0.3, -0.25) is 0 Å². The zero-order valence-electron chi connectivity index (χ0n) is 35.4. The maximum absolute atomic E-state index is 2.49. The third-order valence-corrected chi connectivity index (χ3v) is 13.1. The van der Waals surface area contributed by atoms with Crippen molar-refractivity contribution in [2.24, 2.45) is 11.3 Å². The molecule has 1 heteroatoms. The highest BCUT2D eigenvalue weighted by molar-refractivity contribution is 6.25. The summed E-state index contributed by atoms with van der Waals surface area (Å²) in [5.74, 6) is 0.522. The van der Waals surface area contributed by atoms with E-state index in [1.54, 1.807) is 0 Å². The van der Waals surface area contributed by atoms with Crippen molar-refractivity contribution in [1.29, 1.82) is 0 Å². The van der Waals surface area contributed by atoms with Gasteiger partial charge in [-0.25, -0.2) is 0 Å². The molecular weight excluding hydrogens is 675 g/mol. The molecule has 56 heavy (non-hydrogen) atoms. The van der Waals surface area contributed by atoms with Crippen molar-refractivity contribution in [3.8, 4) is 22.3 Å². The van der Waals surface area contributed by atoms with Gasteiger partial charge in [0.05, 0.1) is 0 Å². The fourth-order valence-electron chi connectivity index (χ4n) is 9.51. The van der Waals surface area contributed by atoms with Crippen LogP contribution in [-0.4, -0.2) is 0 Å². The molecule has 7 aromatic rings. The van der Waals surface area contributed by atoms with Gasteiger partial charge in [-0.1, -0.05) is 167 Å². The van der Waals surface area contributed by atoms with Gasteiger partial charge in [0.15, 0.2) is 0 Å². The van der Waals surface area contributed by atoms with Gasteiger partial charge in [0.1, 0.15) is 0 Å². The van der Waals surface area contributed by atoms with E-state index in [4.69, 9.17) is 0 Å². The number of hydrogen-bond acceptors (Lipinski definition) is 1. The second-order valence-electron chi connectivity index (χ2n) is 20.4. The molecule has 0 N–H and O–H groups in total. The van der Waals surface area contributed by atoms with E-state index in [-0.39, 0.29) is 21.7 Å². The van der Waals surface area contributed by atoms with E-state index in [9.17, 15) is 0 Å². The maximum Gasteiger partial charge on any atom is 0.0464 e. The fourth-order valence-corrected chi connectivity index (χ4v) is 9.51. The van der Waals surface area contributed by atoms with E-state index in [2.05, 4.69) is 208 Å². The summed E-state index contributed by atoms with van der Waals surface area (Å²) >= 11 is 0. The molecule has 0 aromatic heterocycles. The molecule has 9 rings (SSSR count). The summed E-state index contributed by atoms with van der Waals surface area (Å²) < 4.78 is 0. The molecule has 282 valence electrons. The predicted octanol–water partition coefficient (Wildman–Crippen LogP) is 15.8. The predicted molar refractivity (Wildman–Crippen MR) is 244 cm³/mol. The second kappa shape index (κ2) is 12.4. The Morgan fingerprint density at radius 3 is 1.73 bits per heavy atom. The van der Waals surface area contributed by atoms with Crippen LogP contribution in [0.1, 0.15) is 105 Å². The first-order chi connectivity index (χ1) is 26.4. The van der Waals surface area contributed by atoms with Crippen molar-refractivity contribution in [2.75, 3.05) is 4.90 Å². The van der Waals surface area contributed by atoms with Crippen molar-refractivity contribution < 1.29 is 0 Å². The van der Waals surface area contributed by atoms with Gasteiger partial charge in [0.25, 0.3) is 0 Å². The summed E-state index contributed by atoms with van der Waals surface area (Å²) in [4.78, 5) is 2.47. The van der Waals surface area contributed by atoms with Crippen molar-refractivity contribution in [1.82, 2.24) is 0 Å². The van der Waals surface area contributed by atoms with E-state index in [0.717, 1.165) is 6.42 Å². The Balaban J connectivity index is 1.13. The van der Waals surface area contributed by atoms with Crippen LogP contribution in [-0.2, 0) is 16.2 Å². The van der Waals surface area contributed by atoms with Crippen LogP contribution in [0.2, 0.25) is 0 Å². The number of nitrogens with zero attached hydrogens (tertiary/aromatic N) is 1. The minimum absolute atomic E-state index is 0.0983. The quantitative estimate of drug-likeness (QED) is 0.163. The van der Waals surface area contributed by atoms with Crippen LogP contribution in [0.15, 0.2) is 133 Å². The van der Waals surface area contributed by atoms with Gasteiger partial charge >= 0.3 is 0 Å². The lowest BCUT2D eigenvalue weighted by Gasteiger charge is -2.34. The Labute approximate surface area is 335 Å². The Morgan fingerprint density at radius 1 is 0.536 bits per heavy atom. The molecule has 0 spiro atoms. The Bertz CT molecular complexity index is 2710. The molecule has 0 saturated heterocycles. The van der Waals surface area contributed by atoms with E-state index < -0.39 is 0 Å². The van der Waals surface area contributed by atoms with Crippen LogP contribution in [0.25, 0.3) is 54.6 Å². The molecule has 2 aliphatic carbocycles. The van der Waals surface area contributed by atoms with Gasteiger partial charge in [-0.05, 0) is 142 Å². The van der Waals surface area contributed by atoms with Gasteiger partial charge in [-0.15, -0.1) is 0 Å². The van der Waals surface area contributed by atoms with Gasteiger partial charge < -0.3 is 4.90 Å². The first kappa shape index (κ1) is 36.5. The molecule has 0 amide bonds. The molecule has 2 aliphatic rings. The molecule has 0 heterocycles. The van der Waals surface area contributed by atoms with Gasteiger partial charge in [0.2, 0.25) is 0 Å². The lowest BCUT2D eigenvalue weighted by atomic mass is 9.77. The molecule has 1 nitrogen and oxygen atoms in total. The average Bonchev–Trinajstić information content (AvgIpc) is 3.38. The van der Waals surface area contributed by atoms with Gasteiger partial charge in [0, 0.05) is 22.5 Å². The van der Waals surface area contributed by atoms with Crippen molar-refractivity contribution in [2.45, 2.75) is 98.8 Å². The number of hydrogen-bond donors (Lipinski definition) is 0. The zero-order valence-corrected chi connectivity index (χ0v) is 35.4. The lowest BCUT2D eigenvalue weighted by molar-refractivity contribution is 0.293. The molecule has 0 bridgehead atoms. The molecule has 0 aliphatic heterocycles. The van der Waals surface area contributed by atoms with Crippen LogP contribution in [0.4, 0.5) is 11.4 Å². The summed E-state index contributed by atoms with van der Waals surface area (Å²) in [5, 5.41) is 8.05. The van der Waals surface area contributed by atoms with Crippen LogP contribution in [0, 0.1) is 11.3 Å². The van der Waals surface area contributed by atoms with Crippen LogP contribution < -0.4 is 4.90 Å². The smallest absolute Gasteiger partial charge is 0.0464 e. The fraction of sp³-hybridized carbons (Fsp3) is 0.309. The average molecular weight is 732 g/mol. The summed E-state index contributed by atoms with van der Waals surface area (Å²) in [6, 6.07) is 42.5. The summed E-state index contributed by atoms with van der Waals surface area (Å²) in [6.45, 7) is 25.7. The molecule has 0 saturated carbocycles. The normalized spacial score (nSPS) is 16.8. The summed E-state index contributed by atoms with van der Waals surface area (Å²) in [5.41, 5.74) is 14.7. The van der Waals surface area contributed by atoms with E-state index in [0.29, 0.717) is 5.92 Å². The molecule has 0 radical (unpaired) electrons. The van der Waals surface area contributed by atoms with Gasteiger partial charge in [-0.2, -0.15) is 0 Å². The maximum atomic E-state index is 2.49. The molecular formula is C55H57N. The molecule has 7 aromatic carbocycles. The minimum Gasteiger partial charge on any atom is -0.311 e. The third-order valence-electron chi connectivity index (χ3n) is 13.1. The topological polar surface area (TPSA) is 3.24 Å². The minimum atomic E-state index is -0.167. The summed E-state index contributed by atoms with van der Waals surface area (Å²) in [6.07, 6.45) is 8.28. The first-order valence-corrected chi connectivity index (χ1v) is 20.7. The Hall–Kier alpha value is -5.14. The van der Waals surface area contributed by atoms with Crippen LogP contribution in [0.3, 0.4) is 0 Å².